The summed E-state index contributed by atoms with van der Waals surface area (Å²) in [4.78, 5) is 14.2. The van der Waals surface area contributed by atoms with Crippen LogP contribution in [0.4, 0.5) is 13.6 Å². The first kappa shape index (κ1) is 23.3. The first-order valence-corrected chi connectivity index (χ1v) is 10.2. The molecule has 1 aromatic rings. The second kappa shape index (κ2) is 10.3. The van der Waals surface area contributed by atoms with Crippen molar-refractivity contribution in [3.63, 3.8) is 0 Å². The molecule has 0 saturated carbocycles. The number of hydrogen-bond acceptors (Lipinski definition) is 5. The minimum absolute atomic E-state index is 0.0184. The number of benzene rings is 1. The summed E-state index contributed by atoms with van der Waals surface area (Å²) in [7, 11) is 0. The van der Waals surface area contributed by atoms with E-state index in [4.69, 9.17) is 4.74 Å². The van der Waals surface area contributed by atoms with Crippen LogP contribution in [0.5, 0.6) is 5.75 Å². The highest BCUT2D eigenvalue weighted by molar-refractivity contribution is 5.74. The van der Waals surface area contributed by atoms with Crippen molar-refractivity contribution in [1.29, 1.82) is 0 Å². The van der Waals surface area contributed by atoms with Crippen molar-refractivity contribution in [2.24, 2.45) is 0 Å². The lowest BCUT2D eigenvalue weighted by molar-refractivity contribution is 0.0194. The number of phenolic OH excluding ortho intramolecular Hbond substituents is 1. The molecule has 6 nitrogen and oxygen atoms in total. The van der Waals surface area contributed by atoms with Gasteiger partial charge in [0.15, 0.2) is 6.10 Å². The fourth-order valence-corrected chi connectivity index (χ4v) is 3.60. The van der Waals surface area contributed by atoms with Crippen LogP contribution in [0.15, 0.2) is 84.5 Å². The monoisotopic (exact) mass is 444 g/mol. The Bertz CT molecular complexity index is 969. The first-order chi connectivity index (χ1) is 15.3. The first-order valence-electron chi connectivity index (χ1n) is 10.2. The molecule has 2 unspecified atom stereocenters. The molecule has 1 fully saturated rings. The van der Waals surface area contributed by atoms with E-state index in [2.05, 4.69) is 11.9 Å². The predicted octanol–water partition coefficient (Wildman–Crippen LogP) is 4.33. The van der Waals surface area contributed by atoms with E-state index in [9.17, 15) is 23.8 Å². The Kier molecular flexibility index (Phi) is 7.48. The fourth-order valence-electron chi connectivity index (χ4n) is 3.60. The Morgan fingerprint density at radius 3 is 2.69 bits per heavy atom. The molecule has 170 valence electrons. The zero-order valence-electron chi connectivity index (χ0n) is 17.6. The van der Waals surface area contributed by atoms with Crippen LogP contribution < -0.4 is 5.32 Å². The molecular formula is C24H26F2N2O4. The average molecular weight is 444 g/mol. The highest BCUT2D eigenvalue weighted by Crippen LogP contribution is 2.39. The molecule has 3 N–H and O–H groups in total. The quantitative estimate of drug-likeness (QED) is 0.520. The van der Waals surface area contributed by atoms with Crippen molar-refractivity contribution in [1.82, 2.24) is 10.2 Å². The molecule has 32 heavy (non-hydrogen) atoms. The van der Waals surface area contributed by atoms with Crippen LogP contribution in [0.1, 0.15) is 24.9 Å². The van der Waals surface area contributed by atoms with Crippen LogP contribution in [0.3, 0.4) is 0 Å². The van der Waals surface area contributed by atoms with Gasteiger partial charge in [0.1, 0.15) is 29.9 Å². The van der Waals surface area contributed by atoms with E-state index >= 15 is 0 Å². The number of halogens is 2. The lowest BCUT2D eigenvalue weighted by atomic mass is 9.95. The van der Waals surface area contributed by atoms with Gasteiger partial charge in [0.2, 0.25) is 0 Å². The van der Waals surface area contributed by atoms with E-state index in [1.165, 1.54) is 41.3 Å². The molecule has 1 heterocycles. The number of aromatic hydroxyl groups is 1. The summed E-state index contributed by atoms with van der Waals surface area (Å²) in [6, 6.07) is 5.53. The molecule has 1 aromatic carbocycles. The number of carbonyl (C=O) groups excluding carboxylic acids is 1. The number of hydrogen-bond donors (Lipinski definition) is 3. The van der Waals surface area contributed by atoms with Gasteiger partial charge in [-0.1, -0.05) is 30.9 Å². The van der Waals surface area contributed by atoms with Crippen molar-refractivity contribution in [3.05, 3.63) is 90.1 Å². The molecule has 1 aliphatic carbocycles. The van der Waals surface area contributed by atoms with Crippen molar-refractivity contribution in [2.75, 3.05) is 6.54 Å². The van der Waals surface area contributed by atoms with Gasteiger partial charge in [-0.25, -0.2) is 13.6 Å². The van der Waals surface area contributed by atoms with E-state index in [1.807, 2.05) is 0 Å². The van der Waals surface area contributed by atoms with E-state index in [1.54, 1.807) is 31.2 Å². The van der Waals surface area contributed by atoms with Gasteiger partial charge < -0.3 is 20.3 Å². The van der Waals surface area contributed by atoms with Crippen LogP contribution in [-0.2, 0) is 4.74 Å². The minimum atomic E-state index is -1.12. The molecule has 1 amide bonds. The number of carbonyl (C=O) groups is 1. The zero-order chi connectivity index (χ0) is 23.3. The number of aliphatic hydroxyl groups excluding tert-OH is 1. The lowest BCUT2D eigenvalue weighted by Crippen LogP contribution is -2.40. The van der Waals surface area contributed by atoms with Gasteiger partial charge in [-0.05, 0) is 48.9 Å². The number of alkyl halides is 1. The van der Waals surface area contributed by atoms with E-state index in [-0.39, 0.29) is 18.7 Å². The topological polar surface area (TPSA) is 82.0 Å². The smallest absolute Gasteiger partial charge is 0.415 e. The molecule has 0 radical (unpaired) electrons. The maximum Gasteiger partial charge on any atom is 0.415 e. The molecule has 4 atom stereocenters. The minimum Gasteiger partial charge on any atom is -0.508 e. The molecular weight excluding hydrogens is 418 g/mol. The molecule has 3 rings (SSSR count). The number of allylic oxidation sites excluding steroid dienone is 7. The SMILES string of the molecule is C=C(F)/C=C\C(=C/C)NCC(O)[C@H]1OC(=O)N(C2=CCC(F)C=C2)[C@@H]1c1ccc(O)cc1. The molecule has 0 spiro atoms. The van der Waals surface area contributed by atoms with Crippen molar-refractivity contribution < 1.29 is 28.5 Å². The number of amides is 1. The fraction of sp³-hybridized carbons (Fsp3) is 0.292. The average Bonchev–Trinajstić information content (AvgIpc) is 3.12. The van der Waals surface area contributed by atoms with Crippen molar-refractivity contribution in [3.8, 4) is 5.75 Å². The number of rotatable bonds is 8. The molecule has 2 aliphatic rings. The lowest BCUT2D eigenvalue weighted by Gasteiger charge is -2.29. The van der Waals surface area contributed by atoms with Crippen molar-refractivity contribution in [2.45, 2.75) is 37.8 Å². The number of cyclic esters (lactones) is 1. The van der Waals surface area contributed by atoms with E-state index < -0.39 is 36.3 Å². The summed E-state index contributed by atoms with van der Waals surface area (Å²) in [6.07, 6.45) is 5.12. The van der Waals surface area contributed by atoms with Gasteiger partial charge in [-0.2, -0.15) is 0 Å². The largest absolute Gasteiger partial charge is 0.508 e. The summed E-state index contributed by atoms with van der Waals surface area (Å²) < 4.78 is 32.0. The molecule has 8 heteroatoms. The van der Waals surface area contributed by atoms with Crippen LogP contribution >= 0.6 is 0 Å². The highest BCUT2D eigenvalue weighted by atomic mass is 19.1. The predicted molar refractivity (Wildman–Crippen MR) is 117 cm³/mol. The molecule has 1 saturated heterocycles. The Hall–Kier alpha value is -3.39. The second-order valence-electron chi connectivity index (χ2n) is 7.47. The van der Waals surface area contributed by atoms with Gasteiger partial charge in [-0.3, -0.25) is 4.90 Å². The van der Waals surface area contributed by atoms with Crippen LogP contribution in [-0.4, -0.2) is 46.1 Å². The third-order valence-electron chi connectivity index (χ3n) is 5.21. The van der Waals surface area contributed by atoms with Gasteiger partial charge in [0.05, 0.1) is 0 Å². The van der Waals surface area contributed by atoms with Gasteiger partial charge in [0.25, 0.3) is 0 Å². The van der Waals surface area contributed by atoms with Gasteiger partial charge in [-0.15, -0.1) is 0 Å². The number of nitrogens with zero attached hydrogens (tertiary/aromatic N) is 1. The summed E-state index contributed by atoms with van der Waals surface area (Å²) in [5.41, 5.74) is 1.66. The number of nitrogens with one attached hydrogen (secondary N) is 1. The number of ether oxygens (including phenoxy) is 1. The normalized spacial score (nSPS) is 24.4. The zero-order valence-corrected chi connectivity index (χ0v) is 17.6. The molecule has 1 aliphatic heterocycles. The summed E-state index contributed by atoms with van der Waals surface area (Å²) in [5, 5.41) is 23.5. The van der Waals surface area contributed by atoms with Crippen LogP contribution in [0.2, 0.25) is 0 Å². The summed E-state index contributed by atoms with van der Waals surface area (Å²) in [5.74, 6) is -0.552. The van der Waals surface area contributed by atoms with Gasteiger partial charge in [0, 0.05) is 24.4 Å². The van der Waals surface area contributed by atoms with Crippen molar-refractivity contribution >= 4 is 6.09 Å². The molecule has 0 aromatic heterocycles. The highest BCUT2D eigenvalue weighted by Gasteiger charge is 2.47. The third-order valence-corrected chi connectivity index (χ3v) is 5.21. The number of phenols is 1. The Morgan fingerprint density at radius 1 is 1.38 bits per heavy atom. The maximum atomic E-state index is 13.6. The Labute approximate surface area is 185 Å². The Balaban J connectivity index is 1.85. The maximum absolute atomic E-state index is 13.6. The Morgan fingerprint density at radius 2 is 2.09 bits per heavy atom. The van der Waals surface area contributed by atoms with Crippen LogP contribution in [0, 0.1) is 0 Å². The number of aliphatic hydroxyl groups is 1. The summed E-state index contributed by atoms with van der Waals surface area (Å²) in [6.45, 7) is 4.93. The molecule has 0 bridgehead atoms. The van der Waals surface area contributed by atoms with Crippen LogP contribution in [0.25, 0.3) is 0 Å². The standard InChI is InChI=1S/C24H26F2N2O4/c1-3-18(9-4-15(2)25)27-14-21(30)23-22(16-5-12-20(29)13-6-16)28(24(31)32-23)19-10-7-17(26)8-11-19/h3-7,9-13,17,21-23,27,29-30H,2,8,14H2,1H3/b9-4-,18-3+/t17?,21?,22-,23-/m1/s1. The second-order valence-corrected chi connectivity index (χ2v) is 7.47. The van der Waals surface area contributed by atoms with E-state index in [0.717, 1.165) is 0 Å². The summed E-state index contributed by atoms with van der Waals surface area (Å²) >= 11 is 0. The van der Waals surface area contributed by atoms with E-state index in [0.29, 0.717) is 17.0 Å². The van der Waals surface area contributed by atoms with Gasteiger partial charge >= 0.3 is 6.09 Å². The third kappa shape index (κ3) is 5.45.